The van der Waals surface area contributed by atoms with Crippen molar-refractivity contribution >= 4 is 27.7 Å². The van der Waals surface area contributed by atoms with E-state index in [2.05, 4.69) is 0 Å². The molecule has 0 atom stereocenters. The molecule has 7 heteroatoms. The highest BCUT2D eigenvalue weighted by Crippen LogP contribution is 2.36. The molecule has 0 aliphatic carbocycles. The van der Waals surface area contributed by atoms with Gasteiger partial charge in [0.05, 0.1) is 17.0 Å². The first-order valence-electron chi connectivity index (χ1n) is 7.33. The van der Waals surface area contributed by atoms with Gasteiger partial charge in [0.2, 0.25) is 0 Å². The minimum atomic E-state index is -4.38. The van der Waals surface area contributed by atoms with Crippen LogP contribution >= 0.6 is 11.3 Å². The second-order valence-electron chi connectivity index (χ2n) is 5.37. The molecule has 25 heavy (non-hydrogen) atoms. The molecule has 0 aliphatic rings. The number of alkyl halides is 3. The molecule has 0 radical (unpaired) electrons. The third-order valence-electron chi connectivity index (χ3n) is 3.70. The van der Waals surface area contributed by atoms with Crippen molar-refractivity contribution in [3.05, 3.63) is 64.0 Å². The number of carbonyl (C=O) groups is 1. The monoisotopic (exact) mass is 366 g/mol. The van der Waals surface area contributed by atoms with E-state index < -0.39 is 11.7 Å². The first-order valence-corrected chi connectivity index (χ1v) is 8.14. The minimum Gasteiger partial charge on any atom is -0.488 e. The Balaban J connectivity index is 1.87. The second kappa shape index (κ2) is 6.85. The summed E-state index contributed by atoms with van der Waals surface area (Å²) >= 11 is 1.30. The molecule has 0 aliphatic heterocycles. The van der Waals surface area contributed by atoms with Gasteiger partial charge in [-0.05, 0) is 29.8 Å². The summed E-state index contributed by atoms with van der Waals surface area (Å²) in [6.45, 7) is -0.193. The van der Waals surface area contributed by atoms with Gasteiger partial charge in [-0.2, -0.15) is 13.2 Å². The summed E-state index contributed by atoms with van der Waals surface area (Å²) < 4.78 is 44.4. The van der Waals surface area contributed by atoms with Gasteiger partial charge < -0.3 is 9.84 Å². The van der Waals surface area contributed by atoms with Gasteiger partial charge in [-0.3, -0.25) is 4.79 Å². The zero-order chi connectivity index (χ0) is 18.0. The van der Waals surface area contributed by atoms with E-state index in [1.807, 2.05) is 0 Å². The highest BCUT2D eigenvalue weighted by atomic mass is 32.1. The lowest BCUT2D eigenvalue weighted by Gasteiger charge is -2.12. The lowest BCUT2D eigenvalue weighted by Crippen LogP contribution is -2.05. The van der Waals surface area contributed by atoms with Crippen molar-refractivity contribution in [2.75, 3.05) is 0 Å². The Morgan fingerprint density at radius 1 is 1.12 bits per heavy atom. The predicted octanol–water partition coefficient (Wildman–Crippen LogP) is 4.80. The number of fused-ring (bicyclic) bond motifs is 1. The van der Waals surface area contributed by atoms with Crippen LogP contribution in [0.1, 0.15) is 26.4 Å². The van der Waals surface area contributed by atoms with Crippen LogP contribution in [-0.4, -0.2) is 11.4 Å². The number of ether oxygens (including phenoxy) is 1. The maximum atomic E-state index is 12.6. The summed E-state index contributed by atoms with van der Waals surface area (Å²) in [4.78, 5) is 11.5. The molecular weight excluding hydrogens is 353 g/mol. The Morgan fingerprint density at radius 3 is 2.44 bits per heavy atom. The number of aldehydes is 1. The maximum absolute atomic E-state index is 12.6. The quantitative estimate of drug-likeness (QED) is 0.660. The minimum absolute atomic E-state index is 0.0521. The molecule has 0 saturated heterocycles. The van der Waals surface area contributed by atoms with Crippen LogP contribution in [0.4, 0.5) is 13.2 Å². The van der Waals surface area contributed by atoms with E-state index in [0.717, 1.165) is 23.1 Å². The van der Waals surface area contributed by atoms with Crippen molar-refractivity contribution in [2.45, 2.75) is 19.4 Å². The van der Waals surface area contributed by atoms with Crippen molar-refractivity contribution in [3.63, 3.8) is 0 Å². The summed E-state index contributed by atoms with van der Waals surface area (Å²) in [6, 6.07) is 9.88. The summed E-state index contributed by atoms with van der Waals surface area (Å²) in [5, 5.41) is 10.2. The maximum Gasteiger partial charge on any atom is 0.416 e. The molecule has 0 spiro atoms. The van der Waals surface area contributed by atoms with E-state index in [-0.39, 0.29) is 13.2 Å². The molecule has 0 bridgehead atoms. The van der Waals surface area contributed by atoms with Gasteiger partial charge in [-0.15, -0.1) is 11.3 Å². The van der Waals surface area contributed by atoms with Crippen LogP contribution < -0.4 is 4.74 Å². The molecule has 3 nitrogen and oxygen atoms in total. The molecular formula is C18H13F3O3S. The van der Waals surface area contributed by atoms with Crippen LogP contribution in [0.25, 0.3) is 10.1 Å². The summed E-state index contributed by atoms with van der Waals surface area (Å²) in [5.41, 5.74) is 0.400. The molecule has 0 unspecified atom stereocenters. The molecule has 0 saturated carbocycles. The number of hydrogen-bond acceptors (Lipinski definition) is 4. The Hall–Kier alpha value is -2.38. The molecule has 3 aromatic rings. The van der Waals surface area contributed by atoms with Crippen molar-refractivity contribution in [2.24, 2.45) is 0 Å². The van der Waals surface area contributed by atoms with E-state index in [4.69, 9.17) is 4.74 Å². The fraction of sp³-hybridized carbons (Fsp3) is 0.167. The van der Waals surface area contributed by atoms with Crippen LogP contribution in [0.3, 0.4) is 0 Å². The zero-order valence-electron chi connectivity index (χ0n) is 12.8. The SMILES string of the molecule is O=Cc1cc2c(OCc3ccc(C(F)(F)F)cc3)c(CO)ccc2s1. The van der Waals surface area contributed by atoms with Gasteiger partial charge in [-0.1, -0.05) is 18.2 Å². The number of benzene rings is 2. The van der Waals surface area contributed by atoms with Crippen molar-refractivity contribution < 1.29 is 27.8 Å². The van der Waals surface area contributed by atoms with Crippen LogP contribution in [-0.2, 0) is 19.4 Å². The van der Waals surface area contributed by atoms with E-state index in [1.54, 1.807) is 18.2 Å². The van der Waals surface area contributed by atoms with Gasteiger partial charge in [0.1, 0.15) is 12.4 Å². The summed E-state index contributed by atoms with van der Waals surface area (Å²) in [6.07, 6.45) is -3.64. The standard InChI is InChI=1S/C18H13F3O3S/c19-18(20,21)13-4-1-11(2-5-13)10-24-17-12(8-22)3-6-16-15(17)7-14(9-23)25-16/h1-7,9,22H,8,10H2. The first kappa shape index (κ1) is 17.4. The van der Waals surface area contributed by atoms with Gasteiger partial charge in [0.15, 0.2) is 6.29 Å². The van der Waals surface area contributed by atoms with E-state index >= 15 is 0 Å². The third kappa shape index (κ3) is 3.67. The fourth-order valence-corrected chi connectivity index (χ4v) is 3.33. The van der Waals surface area contributed by atoms with Gasteiger partial charge in [0.25, 0.3) is 0 Å². The molecule has 1 heterocycles. The number of carbonyl (C=O) groups excluding carboxylic acids is 1. The van der Waals surface area contributed by atoms with Gasteiger partial charge >= 0.3 is 6.18 Å². The van der Waals surface area contributed by atoms with Crippen LogP contribution in [0.2, 0.25) is 0 Å². The number of hydrogen-bond donors (Lipinski definition) is 1. The molecule has 2 aromatic carbocycles. The third-order valence-corrected chi connectivity index (χ3v) is 4.73. The summed E-state index contributed by atoms with van der Waals surface area (Å²) in [5.74, 6) is 0.434. The number of halogens is 3. The highest BCUT2D eigenvalue weighted by molar-refractivity contribution is 7.20. The Labute approximate surface area is 145 Å². The highest BCUT2D eigenvalue weighted by Gasteiger charge is 2.29. The number of aliphatic hydroxyl groups is 1. The smallest absolute Gasteiger partial charge is 0.416 e. The van der Waals surface area contributed by atoms with E-state index in [9.17, 15) is 23.1 Å². The molecule has 0 fully saturated rings. The van der Waals surface area contributed by atoms with E-state index in [1.165, 1.54) is 23.5 Å². The van der Waals surface area contributed by atoms with Gasteiger partial charge in [0, 0.05) is 15.6 Å². The Kier molecular flexibility index (Phi) is 4.78. The molecule has 130 valence electrons. The lowest BCUT2D eigenvalue weighted by molar-refractivity contribution is -0.137. The van der Waals surface area contributed by atoms with E-state index in [0.29, 0.717) is 27.1 Å². The van der Waals surface area contributed by atoms with Gasteiger partial charge in [-0.25, -0.2) is 0 Å². The van der Waals surface area contributed by atoms with Crippen LogP contribution in [0.5, 0.6) is 5.75 Å². The Bertz CT molecular complexity index is 898. The topological polar surface area (TPSA) is 46.5 Å². The van der Waals surface area contributed by atoms with Crippen LogP contribution in [0, 0.1) is 0 Å². The van der Waals surface area contributed by atoms with Crippen molar-refractivity contribution in [3.8, 4) is 5.75 Å². The largest absolute Gasteiger partial charge is 0.488 e. The molecule has 1 N–H and O–H groups in total. The number of aliphatic hydroxyl groups excluding tert-OH is 1. The second-order valence-corrected chi connectivity index (χ2v) is 6.49. The fourth-order valence-electron chi connectivity index (χ4n) is 2.45. The Morgan fingerprint density at radius 2 is 1.84 bits per heavy atom. The zero-order valence-corrected chi connectivity index (χ0v) is 13.7. The number of rotatable bonds is 5. The summed E-state index contributed by atoms with van der Waals surface area (Å²) in [7, 11) is 0. The van der Waals surface area contributed by atoms with Crippen molar-refractivity contribution in [1.82, 2.24) is 0 Å². The van der Waals surface area contributed by atoms with Crippen LogP contribution in [0.15, 0.2) is 42.5 Å². The molecule has 3 rings (SSSR count). The normalized spacial score (nSPS) is 11.7. The van der Waals surface area contributed by atoms with Crippen molar-refractivity contribution in [1.29, 1.82) is 0 Å². The number of thiophene rings is 1. The average molecular weight is 366 g/mol. The first-order chi connectivity index (χ1) is 11.9. The predicted molar refractivity (Wildman–Crippen MR) is 88.9 cm³/mol. The lowest BCUT2D eigenvalue weighted by atomic mass is 10.1. The molecule has 0 amide bonds. The molecule has 1 aromatic heterocycles. The average Bonchev–Trinajstić information content (AvgIpc) is 3.02.